The summed E-state index contributed by atoms with van der Waals surface area (Å²) in [6.45, 7) is 4.98. The first-order valence-electron chi connectivity index (χ1n) is 10.0. The largest absolute Gasteiger partial charge is 0.481 e. The van der Waals surface area contributed by atoms with Gasteiger partial charge in [0, 0.05) is 18.8 Å². The van der Waals surface area contributed by atoms with Crippen molar-refractivity contribution in [3.05, 3.63) is 54.1 Å². The normalized spacial score (nSPS) is 16.2. The SMILES string of the molecule is CC[C@@H](Oc1cccc(C)c1)C(=O)Nc1ccc(S(=O)(=O)N2CCCCC2)cc1. The van der Waals surface area contributed by atoms with Gasteiger partial charge in [-0.25, -0.2) is 8.42 Å². The van der Waals surface area contributed by atoms with Crippen LogP contribution >= 0.6 is 0 Å². The minimum Gasteiger partial charge on any atom is -0.481 e. The lowest BCUT2D eigenvalue weighted by Gasteiger charge is -2.26. The Morgan fingerprint density at radius 1 is 1.10 bits per heavy atom. The summed E-state index contributed by atoms with van der Waals surface area (Å²) in [7, 11) is -3.48. The molecule has 0 unspecified atom stereocenters. The van der Waals surface area contributed by atoms with Crippen LogP contribution in [0.15, 0.2) is 53.4 Å². The van der Waals surface area contributed by atoms with Crippen molar-refractivity contribution in [3.63, 3.8) is 0 Å². The molecule has 0 aromatic heterocycles. The van der Waals surface area contributed by atoms with E-state index in [4.69, 9.17) is 4.74 Å². The van der Waals surface area contributed by atoms with Crippen LogP contribution in [0.5, 0.6) is 5.75 Å². The Bertz CT molecular complexity index is 936. The van der Waals surface area contributed by atoms with Gasteiger partial charge in [-0.3, -0.25) is 4.79 Å². The van der Waals surface area contributed by atoms with Crippen LogP contribution in [0.3, 0.4) is 0 Å². The second-order valence-electron chi connectivity index (χ2n) is 7.31. The Hall–Kier alpha value is -2.38. The van der Waals surface area contributed by atoms with Gasteiger partial charge in [0.2, 0.25) is 10.0 Å². The first-order valence-corrected chi connectivity index (χ1v) is 11.5. The lowest BCUT2D eigenvalue weighted by molar-refractivity contribution is -0.122. The fourth-order valence-corrected chi connectivity index (χ4v) is 4.88. The number of piperidine rings is 1. The first-order chi connectivity index (χ1) is 13.9. The Morgan fingerprint density at radius 3 is 2.41 bits per heavy atom. The predicted octanol–water partition coefficient (Wildman–Crippen LogP) is 3.97. The van der Waals surface area contributed by atoms with Crippen LogP contribution in [-0.2, 0) is 14.8 Å². The lowest BCUT2D eigenvalue weighted by atomic mass is 10.2. The maximum Gasteiger partial charge on any atom is 0.265 e. The standard InChI is InChI=1S/C22H28N2O4S/c1-3-21(28-19-9-7-8-17(2)16-19)22(25)23-18-10-12-20(13-11-18)29(26,27)24-14-5-4-6-15-24/h7-13,16,21H,3-6,14-15H2,1-2H3,(H,23,25)/t21-/m1/s1. The van der Waals surface area contributed by atoms with Crippen molar-refractivity contribution >= 4 is 21.6 Å². The molecule has 0 bridgehead atoms. The van der Waals surface area contributed by atoms with Crippen molar-refractivity contribution in [2.75, 3.05) is 18.4 Å². The summed E-state index contributed by atoms with van der Waals surface area (Å²) in [6.07, 6.45) is 2.74. The number of hydrogen-bond acceptors (Lipinski definition) is 4. The third-order valence-electron chi connectivity index (χ3n) is 5.01. The summed E-state index contributed by atoms with van der Waals surface area (Å²) in [5.41, 5.74) is 1.60. The molecule has 1 aliphatic heterocycles. The highest BCUT2D eigenvalue weighted by Gasteiger charge is 2.26. The van der Waals surface area contributed by atoms with Crippen LogP contribution in [0.2, 0.25) is 0 Å². The Morgan fingerprint density at radius 2 is 1.79 bits per heavy atom. The van der Waals surface area contributed by atoms with Gasteiger partial charge in [-0.1, -0.05) is 25.5 Å². The maximum atomic E-state index is 12.7. The topological polar surface area (TPSA) is 75.7 Å². The quantitative estimate of drug-likeness (QED) is 0.741. The molecule has 1 heterocycles. The van der Waals surface area contributed by atoms with Gasteiger partial charge in [0.1, 0.15) is 5.75 Å². The van der Waals surface area contributed by atoms with E-state index in [9.17, 15) is 13.2 Å². The second kappa shape index (κ2) is 9.41. The van der Waals surface area contributed by atoms with Gasteiger partial charge in [0.05, 0.1) is 4.90 Å². The molecule has 2 aromatic rings. The Kier molecular flexibility index (Phi) is 6.92. The minimum absolute atomic E-state index is 0.250. The van der Waals surface area contributed by atoms with E-state index >= 15 is 0 Å². The highest BCUT2D eigenvalue weighted by Crippen LogP contribution is 2.22. The zero-order valence-electron chi connectivity index (χ0n) is 16.9. The highest BCUT2D eigenvalue weighted by atomic mass is 32.2. The van der Waals surface area contributed by atoms with E-state index in [1.165, 1.54) is 4.31 Å². The molecular formula is C22H28N2O4S. The number of hydrogen-bond donors (Lipinski definition) is 1. The van der Waals surface area contributed by atoms with Crippen molar-refractivity contribution in [2.45, 2.75) is 50.5 Å². The smallest absolute Gasteiger partial charge is 0.265 e. The fraction of sp³-hybridized carbons (Fsp3) is 0.409. The van der Waals surface area contributed by atoms with E-state index in [1.807, 2.05) is 38.1 Å². The average Bonchev–Trinajstić information content (AvgIpc) is 2.73. The molecule has 1 saturated heterocycles. The highest BCUT2D eigenvalue weighted by molar-refractivity contribution is 7.89. The number of anilines is 1. The van der Waals surface area contributed by atoms with Crippen LogP contribution < -0.4 is 10.1 Å². The number of amides is 1. The summed E-state index contributed by atoms with van der Waals surface area (Å²) >= 11 is 0. The van der Waals surface area contributed by atoms with Gasteiger partial charge < -0.3 is 10.1 Å². The predicted molar refractivity (Wildman–Crippen MR) is 114 cm³/mol. The molecule has 6 nitrogen and oxygen atoms in total. The number of benzene rings is 2. The maximum absolute atomic E-state index is 12.7. The van der Waals surface area contributed by atoms with Crippen molar-refractivity contribution in [1.29, 1.82) is 0 Å². The zero-order chi connectivity index (χ0) is 20.9. The van der Waals surface area contributed by atoms with E-state index < -0.39 is 16.1 Å². The third kappa shape index (κ3) is 5.36. The zero-order valence-corrected chi connectivity index (χ0v) is 17.7. The monoisotopic (exact) mass is 416 g/mol. The van der Waals surface area contributed by atoms with Crippen molar-refractivity contribution in [2.24, 2.45) is 0 Å². The van der Waals surface area contributed by atoms with Crippen LogP contribution in [0.4, 0.5) is 5.69 Å². The van der Waals surface area contributed by atoms with Gasteiger partial charge >= 0.3 is 0 Å². The van der Waals surface area contributed by atoms with E-state index in [0.717, 1.165) is 24.8 Å². The molecule has 1 atom stereocenters. The number of sulfonamides is 1. The van der Waals surface area contributed by atoms with Gasteiger partial charge in [0.25, 0.3) is 5.91 Å². The number of carbonyl (C=O) groups is 1. The molecule has 0 spiro atoms. The molecule has 1 fully saturated rings. The number of carbonyl (C=O) groups excluding carboxylic acids is 1. The van der Waals surface area contributed by atoms with Gasteiger partial charge in [-0.05, 0) is 68.1 Å². The summed E-state index contributed by atoms with van der Waals surface area (Å²) in [5.74, 6) is 0.385. The van der Waals surface area contributed by atoms with Crippen LogP contribution in [0.25, 0.3) is 0 Å². The molecular weight excluding hydrogens is 388 g/mol. The Labute approximate surface area is 172 Å². The third-order valence-corrected chi connectivity index (χ3v) is 6.92. The molecule has 0 radical (unpaired) electrons. The molecule has 3 rings (SSSR count). The van der Waals surface area contributed by atoms with Crippen LogP contribution in [0, 0.1) is 6.92 Å². The summed E-state index contributed by atoms with van der Waals surface area (Å²) < 4.78 is 32.8. The minimum atomic E-state index is -3.48. The number of nitrogens with zero attached hydrogens (tertiary/aromatic N) is 1. The van der Waals surface area contributed by atoms with Gasteiger partial charge in [-0.15, -0.1) is 0 Å². The molecule has 2 aromatic carbocycles. The van der Waals surface area contributed by atoms with E-state index in [2.05, 4.69) is 5.32 Å². The molecule has 1 N–H and O–H groups in total. The number of nitrogens with one attached hydrogen (secondary N) is 1. The molecule has 0 aliphatic carbocycles. The summed E-state index contributed by atoms with van der Waals surface area (Å²) in [4.78, 5) is 12.8. The van der Waals surface area contributed by atoms with E-state index in [-0.39, 0.29) is 10.8 Å². The number of ether oxygens (including phenoxy) is 1. The average molecular weight is 417 g/mol. The van der Waals surface area contributed by atoms with Gasteiger partial charge in [-0.2, -0.15) is 4.31 Å². The van der Waals surface area contributed by atoms with E-state index in [1.54, 1.807) is 24.3 Å². The van der Waals surface area contributed by atoms with Crippen LogP contribution in [-0.4, -0.2) is 37.8 Å². The molecule has 0 saturated carbocycles. The fourth-order valence-electron chi connectivity index (χ4n) is 3.36. The van der Waals surface area contributed by atoms with Crippen LogP contribution in [0.1, 0.15) is 38.2 Å². The van der Waals surface area contributed by atoms with Crippen molar-refractivity contribution < 1.29 is 17.9 Å². The lowest BCUT2D eigenvalue weighted by Crippen LogP contribution is -2.35. The first kappa shape index (κ1) is 21.3. The number of rotatable bonds is 7. The van der Waals surface area contributed by atoms with Crippen molar-refractivity contribution in [1.82, 2.24) is 4.31 Å². The summed E-state index contributed by atoms with van der Waals surface area (Å²) in [5, 5.41) is 2.81. The molecule has 1 aliphatic rings. The van der Waals surface area contributed by atoms with Gasteiger partial charge in [0.15, 0.2) is 6.10 Å². The second-order valence-corrected chi connectivity index (χ2v) is 9.25. The summed E-state index contributed by atoms with van der Waals surface area (Å²) in [6, 6.07) is 13.9. The molecule has 29 heavy (non-hydrogen) atoms. The number of aryl methyl sites for hydroxylation is 1. The Balaban J connectivity index is 1.65. The van der Waals surface area contributed by atoms with E-state index in [0.29, 0.717) is 30.9 Å². The molecule has 1 amide bonds. The van der Waals surface area contributed by atoms with Crippen molar-refractivity contribution in [3.8, 4) is 5.75 Å². The molecule has 156 valence electrons. The molecule has 7 heteroatoms.